The summed E-state index contributed by atoms with van der Waals surface area (Å²) in [5.74, 6) is 0.244. The van der Waals surface area contributed by atoms with Gasteiger partial charge in [0, 0.05) is 11.6 Å². The number of benzene rings is 1. The highest BCUT2D eigenvalue weighted by Crippen LogP contribution is 2.33. The number of nitro benzene ring substituents is 1. The molecule has 2 rings (SSSR count). The van der Waals surface area contributed by atoms with Crippen molar-refractivity contribution >= 4 is 12.0 Å². The Balaban J connectivity index is 2.33. The minimum atomic E-state index is -0.537. The summed E-state index contributed by atoms with van der Waals surface area (Å²) in [6, 6.07) is 4.21. The Labute approximate surface area is 85.8 Å². The molecule has 0 spiro atoms. The largest absolute Gasteiger partial charge is 0.483 e. The fourth-order valence-corrected chi connectivity index (χ4v) is 1.22. The number of carbonyl (C=O) groups is 1. The van der Waals surface area contributed by atoms with E-state index in [-0.39, 0.29) is 23.1 Å². The fraction of sp³-hybridized carbons (Fsp3) is 0.300. The Morgan fingerprint density at radius 3 is 2.73 bits per heavy atom. The quantitative estimate of drug-likeness (QED) is 0.430. The number of carbonyl (C=O) groups excluding carboxylic acids is 1. The van der Waals surface area contributed by atoms with Crippen LogP contribution in [0.1, 0.15) is 23.2 Å². The predicted octanol–water partition coefficient (Wildman–Crippen LogP) is 1.95. The maximum atomic E-state index is 10.7. The second kappa shape index (κ2) is 3.68. The molecule has 15 heavy (non-hydrogen) atoms. The van der Waals surface area contributed by atoms with Gasteiger partial charge < -0.3 is 4.74 Å². The first-order valence-electron chi connectivity index (χ1n) is 4.61. The van der Waals surface area contributed by atoms with Crippen LogP contribution >= 0.6 is 0 Å². The van der Waals surface area contributed by atoms with Crippen molar-refractivity contribution in [1.82, 2.24) is 0 Å². The summed E-state index contributed by atoms with van der Waals surface area (Å²) in [5.41, 5.74) is 0.136. The summed E-state index contributed by atoms with van der Waals surface area (Å²) in [6.07, 6.45) is 2.55. The minimum Gasteiger partial charge on any atom is -0.483 e. The molecule has 0 aromatic heterocycles. The van der Waals surface area contributed by atoms with E-state index in [1.54, 1.807) is 0 Å². The van der Waals surface area contributed by atoms with Crippen molar-refractivity contribution in [3.63, 3.8) is 0 Å². The molecule has 0 unspecified atom stereocenters. The highest BCUT2D eigenvalue weighted by atomic mass is 16.6. The van der Waals surface area contributed by atoms with Crippen LogP contribution in [0.25, 0.3) is 0 Å². The van der Waals surface area contributed by atoms with E-state index >= 15 is 0 Å². The topological polar surface area (TPSA) is 69.4 Å². The third kappa shape index (κ3) is 2.12. The van der Waals surface area contributed by atoms with Crippen molar-refractivity contribution in [2.24, 2.45) is 0 Å². The monoisotopic (exact) mass is 207 g/mol. The van der Waals surface area contributed by atoms with Gasteiger partial charge in [0.1, 0.15) is 6.29 Å². The fourth-order valence-electron chi connectivity index (χ4n) is 1.22. The van der Waals surface area contributed by atoms with Gasteiger partial charge in [-0.3, -0.25) is 14.9 Å². The zero-order valence-corrected chi connectivity index (χ0v) is 7.88. The minimum absolute atomic E-state index is 0.103. The van der Waals surface area contributed by atoms with Crippen LogP contribution in [0, 0.1) is 10.1 Å². The van der Waals surface area contributed by atoms with Crippen molar-refractivity contribution in [2.75, 3.05) is 0 Å². The average molecular weight is 207 g/mol. The van der Waals surface area contributed by atoms with Crippen molar-refractivity contribution in [2.45, 2.75) is 18.9 Å². The maximum Gasteiger partial charge on any atom is 0.311 e. The van der Waals surface area contributed by atoms with Gasteiger partial charge in [0.25, 0.3) is 0 Å². The van der Waals surface area contributed by atoms with E-state index in [4.69, 9.17) is 4.74 Å². The van der Waals surface area contributed by atoms with Gasteiger partial charge in [-0.2, -0.15) is 0 Å². The van der Waals surface area contributed by atoms with Gasteiger partial charge in [0.15, 0.2) is 5.75 Å². The van der Waals surface area contributed by atoms with Gasteiger partial charge >= 0.3 is 5.69 Å². The average Bonchev–Trinajstić information content (AvgIpc) is 3.02. The number of hydrogen-bond donors (Lipinski definition) is 0. The molecule has 1 aliphatic carbocycles. The number of aldehydes is 1. The molecule has 0 saturated heterocycles. The molecule has 5 heteroatoms. The molecule has 0 bridgehead atoms. The van der Waals surface area contributed by atoms with Gasteiger partial charge in [-0.05, 0) is 25.0 Å². The Kier molecular flexibility index (Phi) is 2.37. The third-order valence-corrected chi connectivity index (χ3v) is 2.13. The smallest absolute Gasteiger partial charge is 0.311 e. The summed E-state index contributed by atoms with van der Waals surface area (Å²) in [7, 11) is 0. The van der Waals surface area contributed by atoms with Crippen LogP contribution in [0.3, 0.4) is 0 Å². The first-order valence-corrected chi connectivity index (χ1v) is 4.61. The molecule has 0 amide bonds. The van der Waals surface area contributed by atoms with E-state index in [2.05, 4.69) is 0 Å². The number of rotatable bonds is 4. The molecule has 0 heterocycles. The van der Waals surface area contributed by atoms with Gasteiger partial charge in [0.05, 0.1) is 11.0 Å². The Hall–Kier alpha value is -1.91. The number of hydrogen-bond acceptors (Lipinski definition) is 4. The summed E-state index contributed by atoms with van der Waals surface area (Å²) in [6.45, 7) is 0. The lowest BCUT2D eigenvalue weighted by Crippen LogP contribution is -2.00. The van der Waals surface area contributed by atoms with Crippen LogP contribution in [0.5, 0.6) is 5.75 Å². The molecule has 78 valence electrons. The van der Waals surface area contributed by atoms with E-state index < -0.39 is 4.92 Å². The van der Waals surface area contributed by atoms with Crippen LogP contribution in [0.4, 0.5) is 5.69 Å². The Morgan fingerprint density at radius 2 is 2.20 bits per heavy atom. The molecule has 0 radical (unpaired) electrons. The van der Waals surface area contributed by atoms with Gasteiger partial charge in [-0.15, -0.1) is 0 Å². The lowest BCUT2D eigenvalue weighted by Gasteiger charge is -2.04. The van der Waals surface area contributed by atoms with Crippen molar-refractivity contribution in [1.29, 1.82) is 0 Å². The Bertz CT molecular complexity index is 412. The molecular formula is C10H9NO4. The molecule has 1 saturated carbocycles. The summed E-state index contributed by atoms with van der Waals surface area (Å²) < 4.78 is 5.36. The SMILES string of the molecule is O=Cc1ccc(OC2CC2)c([N+](=O)[O-])c1. The van der Waals surface area contributed by atoms with Crippen molar-refractivity contribution in [3.8, 4) is 5.75 Å². The summed E-state index contributed by atoms with van der Waals surface area (Å²) in [5, 5.41) is 10.7. The normalized spacial score (nSPS) is 14.7. The highest BCUT2D eigenvalue weighted by Gasteiger charge is 2.27. The molecule has 0 atom stereocenters. The first kappa shape index (κ1) is 9.64. The van der Waals surface area contributed by atoms with Crippen LogP contribution in [-0.2, 0) is 0 Å². The lowest BCUT2D eigenvalue weighted by atomic mass is 10.2. The molecular weight excluding hydrogens is 198 g/mol. The number of nitro groups is 1. The van der Waals surface area contributed by atoms with E-state index in [1.165, 1.54) is 18.2 Å². The van der Waals surface area contributed by atoms with Gasteiger partial charge in [0.2, 0.25) is 0 Å². The van der Waals surface area contributed by atoms with Crippen molar-refractivity contribution in [3.05, 3.63) is 33.9 Å². The summed E-state index contributed by atoms with van der Waals surface area (Å²) >= 11 is 0. The zero-order valence-electron chi connectivity index (χ0n) is 7.88. The van der Waals surface area contributed by atoms with Gasteiger partial charge in [-0.1, -0.05) is 0 Å². The van der Waals surface area contributed by atoms with E-state index in [1.807, 2.05) is 0 Å². The third-order valence-electron chi connectivity index (χ3n) is 2.13. The molecule has 1 aliphatic rings. The van der Waals surface area contributed by atoms with Crippen LogP contribution in [0.15, 0.2) is 18.2 Å². The van der Waals surface area contributed by atoms with Crippen LogP contribution in [-0.4, -0.2) is 17.3 Å². The van der Waals surface area contributed by atoms with E-state index in [9.17, 15) is 14.9 Å². The maximum absolute atomic E-state index is 10.7. The van der Waals surface area contributed by atoms with Crippen molar-refractivity contribution < 1.29 is 14.5 Å². The van der Waals surface area contributed by atoms with E-state index in [0.29, 0.717) is 6.29 Å². The zero-order chi connectivity index (χ0) is 10.8. The molecule has 1 fully saturated rings. The lowest BCUT2D eigenvalue weighted by molar-refractivity contribution is -0.386. The molecule has 0 N–H and O–H groups in total. The molecule has 1 aromatic rings. The Morgan fingerprint density at radius 1 is 1.47 bits per heavy atom. The number of nitrogens with zero attached hydrogens (tertiary/aromatic N) is 1. The second-order valence-corrected chi connectivity index (χ2v) is 3.42. The van der Waals surface area contributed by atoms with Gasteiger partial charge in [-0.25, -0.2) is 0 Å². The standard InChI is InChI=1S/C10H9NO4/c12-6-7-1-4-10(15-8-2-3-8)9(5-7)11(13)14/h1,4-6,8H,2-3H2. The molecule has 0 aliphatic heterocycles. The molecule has 1 aromatic carbocycles. The first-order chi connectivity index (χ1) is 7.20. The van der Waals surface area contributed by atoms with E-state index in [0.717, 1.165) is 12.8 Å². The predicted molar refractivity (Wildman–Crippen MR) is 52.1 cm³/mol. The van der Waals surface area contributed by atoms with Crippen LogP contribution in [0.2, 0.25) is 0 Å². The number of ether oxygens (including phenoxy) is 1. The molecule has 5 nitrogen and oxygen atoms in total. The highest BCUT2D eigenvalue weighted by molar-refractivity contribution is 5.77. The van der Waals surface area contributed by atoms with Crippen LogP contribution < -0.4 is 4.74 Å². The summed E-state index contributed by atoms with van der Waals surface area (Å²) in [4.78, 5) is 20.6. The second-order valence-electron chi connectivity index (χ2n) is 3.42.